The Morgan fingerprint density at radius 2 is 1.62 bits per heavy atom. The number of carbonyl (C=O) groups excluding carboxylic acids is 2. The van der Waals surface area contributed by atoms with Crippen molar-refractivity contribution in [1.82, 2.24) is 5.32 Å². The molecule has 0 aromatic heterocycles. The van der Waals surface area contributed by atoms with E-state index in [4.69, 9.17) is 23.2 Å². The summed E-state index contributed by atoms with van der Waals surface area (Å²) in [5, 5.41) is 6.41. The minimum atomic E-state index is -0.349. The van der Waals surface area contributed by atoms with Crippen LogP contribution in [-0.4, -0.2) is 18.4 Å². The molecule has 2 N–H and O–H groups in total. The Morgan fingerprint density at radius 3 is 2.27 bits per heavy atom. The molecule has 2 unspecified atom stereocenters. The fourth-order valence-corrected chi connectivity index (χ4v) is 3.27. The second-order valence-electron chi connectivity index (χ2n) is 6.26. The van der Waals surface area contributed by atoms with Gasteiger partial charge in [0.15, 0.2) is 0 Å². The standard InChI is InChI=1S/C19H17Cl2FN2O2/c20-12-7-13(21)9-15(8-12)24-19(26)17-10-16(17)18(25)23-6-5-11-1-3-14(22)4-2-11/h1-4,7-9,16-17H,5-6,10H2,(H,23,25)(H,24,26). The average molecular weight is 395 g/mol. The molecule has 0 heterocycles. The summed E-state index contributed by atoms with van der Waals surface area (Å²) in [4.78, 5) is 24.4. The van der Waals surface area contributed by atoms with Crippen LogP contribution >= 0.6 is 23.2 Å². The van der Waals surface area contributed by atoms with Gasteiger partial charge in [0, 0.05) is 22.3 Å². The van der Waals surface area contributed by atoms with Crippen molar-refractivity contribution >= 4 is 40.7 Å². The van der Waals surface area contributed by atoms with Gasteiger partial charge in [0.2, 0.25) is 11.8 Å². The van der Waals surface area contributed by atoms with Crippen molar-refractivity contribution < 1.29 is 14.0 Å². The van der Waals surface area contributed by atoms with E-state index in [1.54, 1.807) is 30.3 Å². The van der Waals surface area contributed by atoms with Gasteiger partial charge in [0.05, 0.1) is 11.8 Å². The zero-order valence-corrected chi connectivity index (χ0v) is 15.3. The molecule has 1 aliphatic carbocycles. The molecule has 26 heavy (non-hydrogen) atoms. The first-order valence-corrected chi connectivity index (χ1v) is 8.97. The van der Waals surface area contributed by atoms with E-state index in [-0.39, 0.29) is 29.5 Å². The van der Waals surface area contributed by atoms with Gasteiger partial charge in [-0.05, 0) is 48.7 Å². The van der Waals surface area contributed by atoms with Crippen molar-refractivity contribution in [3.05, 3.63) is 63.9 Å². The Bertz CT molecular complexity index is 807. The summed E-state index contributed by atoms with van der Waals surface area (Å²) >= 11 is 11.8. The summed E-state index contributed by atoms with van der Waals surface area (Å²) in [5.41, 5.74) is 1.45. The van der Waals surface area contributed by atoms with Gasteiger partial charge in [-0.2, -0.15) is 0 Å². The van der Waals surface area contributed by atoms with E-state index in [1.807, 2.05) is 0 Å². The average Bonchev–Trinajstić information content (AvgIpc) is 3.36. The van der Waals surface area contributed by atoms with Gasteiger partial charge in [-0.3, -0.25) is 9.59 Å². The molecule has 1 fully saturated rings. The molecule has 2 atom stereocenters. The van der Waals surface area contributed by atoms with E-state index in [9.17, 15) is 14.0 Å². The first kappa shape index (κ1) is 18.7. The third-order valence-corrected chi connectivity index (χ3v) is 4.66. The quantitative estimate of drug-likeness (QED) is 0.775. The van der Waals surface area contributed by atoms with Crippen LogP contribution in [0.25, 0.3) is 0 Å². The number of carbonyl (C=O) groups is 2. The minimum Gasteiger partial charge on any atom is -0.356 e. The second-order valence-corrected chi connectivity index (χ2v) is 7.14. The molecule has 1 saturated carbocycles. The Balaban J connectivity index is 1.44. The van der Waals surface area contributed by atoms with E-state index in [2.05, 4.69) is 10.6 Å². The number of anilines is 1. The number of nitrogens with one attached hydrogen (secondary N) is 2. The topological polar surface area (TPSA) is 58.2 Å². The van der Waals surface area contributed by atoms with Gasteiger partial charge >= 0.3 is 0 Å². The SMILES string of the molecule is O=C(NCCc1ccc(F)cc1)C1CC1C(=O)Nc1cc(Cl)cc(Cl)c1. The van der Waals surface area contributed by atoms with Crippen LogP contribution in [0.15, 0.2) is 42.5 Å². The molecular weight excluding hydrogens is 378 g/mol. The highest BCUT2D eigenvalue weighted by Crippen LogP contribution is 2.39. The Labute approximate surface area is 160 Å². The second kappa shape index (κ2) is 8.06. The maximum absolute atomic E-state index is 12.8. The lowest BCUT2D eigenvalue weighted by molar-refractivity contribution is -0.125. The van der Waals surface area contributed by atoms with Crippen molar-refractivity contribution in [1.29, 1.82) is 0 Å². The fraction of sp³-hybridized carbons (Fsp3) is 0.263. The van der Waals surface area contributed by atoms with Crippen LogP contribution in [0.1, 0.15) is 12.0 Å². The van der Waals surface area contributed by atoms with Gasteiger partial charge in [0.1, 0.15) is 5.82 Å². The van der Waals surface area contributed by atoms with E-state index >= 15 is 0 Å². The maximum atomic E-state index is 12.8. The molecule has 1 aliphatic rings. The highest BCUT2D eigenvalue weighted by Gasteiger charge is 2.47. The maximum Gasteiger partial charge on any atom is 0.228 e. The predicted octanol–water partition coefficient (Wildman–Crippen LogP) is 4.07. The van der Waals surface area contributed by atoms with Crippen molar-refractivity contribution in [2.75, 3.05) is 11.9 Å². The highest BCUT2D eigenvalue weighted by atomic mass is 35.5. The Hall–Kier alpha value is -2.11. The minimum absolute atomic E-state index is 0.142. The fourth-order valence-electron chi connectivity index (χ4n) is 2.75. The normalized spacial score (nSPS) is 18.3. The molecule has 0 spiro atoms. The van der Waals surface area contributed by atoms with Gasteiger partial charge in [-0.15, -0.1) is 0 Å². The first-order valence-electron chi connectivity index (χ1n) is 8.21. The van der Waals surface area contributed by atoms with E-state index in [1.165, 1.54) is 12.1 Å². The molecule has 0 bridgehead atoms. The summed E-state index contributed by atoms with van der Waals surface area (Å²) in [6, 6.07) is 10.9. The van der Waals surface area contributed by atoms with Crippen LogP contribution in [0.2, 0.25) is 10.0 Å². The van der Waals surface area contributed by atoms with Gasteiger partial charge in [0.25, 0.3) is 0 Å². The summed E-state index contributed by atoms with van der Waals surface area (Å²) in [5.74, 6) is -1.32. The monoisotopic (exact) mass is 394 g/mol. The zero-order chi connectivity index (χ0) is 18.7. The largest absolute Gasteiger partial charge is 0.356 e. The molecule has 136 valence electrons. The molecule has 0 saturated heterocycles. The van der Waals surface area contributed by atoms with Crippen molar-refractivity contribution in [3.63, 3.8) is 0 Å². The third kappa shape index (κ3) is 4.96. The molecule has 0 aliphatic heterocycles. The molecule has 4 nitrogen and oxygen atoms in total. The van der Waals surface area contributed by atoms with Crippen molar-refractivity contribution in [3.8, 4) is 0 Å². The molecule has 3 rings (SSSR count). The molecule has 2 amide bonds. The summed E-state index contributed by atoms with van der Waals surface area (Å²) in [7, 11) is 0. The van der Waals surface area contributed by atoms with Gasteiger partial charge in [-0.25, -0.2) is 4.39 Å². The number of benzene rings is 2. The van der Waals surface area contributed by atoms with Gasteiger partial charge in [-0.1, -0.05) is 35.3 Å². The van der Waals surface area contributed by atoms with Crippen molar-refractivity contribution in [2.45, 2.75) is 12.8 Å². The van der Waals surface area contributed by atoms with Crippen LogP contribution in [-0.2, 0) is 16.0 Å². The smallest absolute Gasteiger partial charge is 0.228 e. The lowest BCUT2D eigenvalue weighted by Gasteiger charge is -2.07. The van der Waals surface area contributed by atoms with E-state index in [0.717, 1.165) is 5.56 Å². The van der Waals surface area contributed by atoms with Crippen LogP contribution < -0.4 is 10.6 Å². The molecule has 0 radical (unpaired) electrons. The number of hydrogen-bond acceptors (Lipinski definition) is 2. The molecular formula is C19H17Cl2FN2O2. The predicted molar refractivity (Wildman–Crippen MR) is 99.8 cm³/mol. The number of hydrogen-bond donors (Lipinski definition) is 2. The van der Waals surface area contributed by atoms with Crippen LogP contribution in [0.5, 0.6) is 0 Å². The Morgan fingerprint density at radius 1 is 1.00 bits per heavy atom. The number of halogens is 3. The zero-order valence-electron chi connectivity index (χ0n) is 13.8. The lowest BCUT2D eigenvalue weighted by atomic mass is 10.1. The van der Waals surface area contributed by atoms with Crippen LogP contribution in [0, 0.1) is 17.7 Å². The van der Waals surface area contributed by atoms with E-state index in [0.29, 0.717) is 35.1 Å². The number of rotatable bonds is 6. The summed E-state index contributed by atoms with van der Waals surface area (Å²) in [6.07, 6.45) is 1.12. The van der Waals surface area contributed by atoms with Crippen LogP contribution in [0.4, 0.5) is 10.1 Å². The molecule has 2 aromatic rings. The summed E-state index contributed by atoms with van der Waals surface area (Å²) in [6.45, 7) is 0.444. The Kier molecular flexibility index (Phi) is 5.79. The highest BCUT2D eigenvalue weighted by molar-refractivity contribution is 6.35. The number of amides is 2. The lowest BCUT2D eigenvalue weighted by Crippen LogP contribution is -2.29. The van der Waals surface area contributed by atoms with Crippen LogP contribution in [0.3, 0.4) is 0 Å². The first-order chi connectivity index (χ1) is 12.4. The summed E-state index contributed by atoms with van der Waals surface area (Å²) < 4.78 is 12.8. The molecule has 7 heteroatoms. The van der Waals surface area contributed by atoms with Gasteiger partial charge < -0.3 is 10.6 Å². The molecule has 2 aromatic carbocycles. The van der Waals surface area contributed by atoms with Crippen molar-refractivity contribution in [2.24, 2.45) is 11.8 Å². The van der Waals surface area contributed by atoms with E-state index < -0.39 is 0 Å². The third-order valence-electron chi connectivity index (χ3n) is 4.22.